The molecule has 0 unspecified atom stereocenters. The number of aromatic nitrogens is 3. The Labute approximate surface area is 460 Å². The van der Waals surface area contributed by atoms with Crippen molar-refractivity contribution in [3.05, 3.63) is 286 Å². The number of nitriles is 3. The monoisotopic (exact) mass is 1100 g/mol. The molecule has 362 valence electrons. The number of fused-ring (bicyclic) bond motifs is 3. The van der Waals surface area contributed by atoms with Gasteiger partial charge in [-0.15, -0.1) is 0 Å². The van der Waals surface area contributed by atoms with Gasteiger partial charge < -0.3 is 9.47 Å². The summed E-state index contributed by atoms with van der Waals surface area (Å²) in [5, 5.41) is 32.1. The third-order valence-corrected chi connectivity index (χ3v) is 15.0. The Bertz CT molecular complexity index is 4100. The molecule has 0 fully saturated rings. The third kappa shape index (κ3) is 9.60. The predicted octanol–water partition coefficient (Wildman–Crippen LogP) is 17.3. The molecule has 77 heavy (non-hydrogen) atoms. The van der Waals surface area contributed by atoms with Gasteiger partial charge in [0.15, 0.2) is 5.82 Å². The zero-order valence-electron chi connectivity index (χ0n) is 41.5. The van der Waals surface area contributed by atoms with Gasteiger partial charge in [0.05, 0.1) is 57.3 Å². The Balaban J connectivity index is 0.956. The quantitative estimate of drug-likeness (QED) is 0.113. The smallest absolute Gasteiger partial charge is 0.160 e. The highest BCUT2D eigenvalue weighted by atomic mass is 127. The van der Waals surface area contributed by atoms with Crippen LogP contribution in [0, 0.1) is 37.6 Å². The molecule has 0 atom stereocenters. The summed E-state index contributed by atoms with van der Waals surface area (Å²) >= 11 is 2.31. The lowest BCUT2D eigenvalue weighted by atomic mass is 9.86. The zero-order chi connectivity index (χ0) is 52.2. The van der Waals surface area contributed by atoms with Crippen LogP contribution in [0.1, 0.15) is 39.3 Å². The van der Waals surface area contributed by atoms with Crippen molar-refractivity contribution in [3.63, 3.8) is 0 Å². The number of benzene rings is 10. The maximum atomic E-state index is 10.8. The Kier molecular flexibility index (Phi) is 13.2. The van der Waals surface area contributed by atoms with Crippen LogP contribution in [0.3, 0.4) is 0 Å². The number of para-hydroxylation sites is 2. The molecular formula is C69H44IN7. The summed E-state index contributed by atoms with van der Waals surface area (Å²) in [6.07, 6.45) is 0.835. The molecule has 8 heteroatoms. The fraction of sp³-hybridized carbons (Fsp3) is 0.0290. The van der Waals surface area contributed by atoms with Crippen LogP contribution in [0.4, 0.5) is 17.1 Å². The minimum Gasteiger partial charge on any atom is -0.310 e. The Morgan fingerprint density at radius 1 is 0.442 bits per heavy atom. The molecule has 0 N–H and O–H groups in total. The first-order chi connectivity index (χ1) is 37.9. The van der Waals surface area contributed by atoms with Crippen LogP contribution in [0.5, 0.6) is 0 Å². The van der Waals surface area contributed by atoms with E-state index in [0.717, 1.165) is 71.4 Å². The molecule has 0 aliphatic heterocycles. The molecule has 10 aromatic carbocycles. The van der Waals surface area contributed by atoms with Gasteiger partial charge in [0.25, 0.3) is 0 Å². The second-order valence-corrected chi connectivity index (χ2v) is 20.0. The molecule has 0 saturated carbocycles. The third-order valence-electron chi connectivity index (χ3n) is 14.2. The average Bonchev–Trinajstić information content (AvgIpc) is 3.98. The van der Waals surface area contributed by atoms with Gasteiger partial charge in [0.2, 0.25) is 0 Å². The Morgan fingerprint density at radius 2 is 0.961 bits per heavy atom. The lowest BCUT2D eigenvalue weighted by Crippen LogP contribution is -2.09. The molecular weight excluding hydrogens is 1050 g/mol. The highest BCUT2D eigenvalue weighted by Crippen LogP contribution is 2.42. The van der Waals surface area contributed by atoms with Gasteiger partial charge in [-0.3, -0.25) is 0 Å². The van der Waals surface area contributed by atoms with Gasteiger partial charge in [0.1, 0.15) is 0 Å². The van der Waals surface area contributed by atoms with Crippen LogP contribution in [-0.2, 0) is 6.42 Å². The molecule has 0 bridgehead atoms. The SMILES string of the molecule is N#Cc1ccc(-c2cc(-c3c(I)cc(-c4ccc(-n5c6ccc(CC(c7ccccc7)c7ccccc7)cc6c6cc(N(c7ccccc7)c7ccccc7)ccc65)cc4)cc3C#N)nc(-c3ccc(C#N)cc3)n2)cc1. The largest absolute Gasteiger partial charge is 0.310 e. The number of rotatable bonds is 12. The minimum atomic E-state index is 0.176. The summed E-state index contributed by atoms with van der Waals surface area (Å²) in [6, 6.07) is 92.2. The Morgan fingerprint density at radius 3 is 1.53 bits per heavy atom. The number of anilines is 3. The number of hydrogen-bond donors (Lipinski definition) is 0. The molecule has 0 aliphatic rings. The van der Waals surface area contributed by atoms with E-state index in [-0.39, 0.29) is 5.92 Å². The van der Waals surface area contributed by atoms with Crippen molar-refractivity contribution < 1.29 is 0 Å². The van der Waals surface area contributed by atoms with Gasteiger partial charge >= 0.3 is 0 Å². The molecule has 2 aromatic heterocycles. The normalized spacial score (nSPS) is 11.1. The Hall–Kier alpha value is -9.92. The van der Waals surface area contributed by atoms with Gasteiger partial charge in [-0.2, -0.15) is 15.8 Å². The maximum Gasteiger partial charge on any atom is 0.160 e. The van der Waals surface area contributed by atoms with E-state index in [1.165, 1.54) is 22.1 Å². The minimum absolute atomic E-state index is 0.176. The summed E-state index contributed by atoms with van der Waals surface area (Å²) in [5.74, 6) is 0.631. The molecule has 0 radical (unpaired) electrons. The van der Waals surface area contributed by atoms with Crippen molar-refractivity contribution in [2.75, 3.05) is 4.90 Å². The van der Waals surface area contributed by atoms with Gasteiger partial charge in [0, 0.05) is 59.7 Å². The summed E-state index contributed by atoms with van der Waals surface area (Å²) in [7, 11) is 0. The fourth-order valence-electron chi connectivity index (χ4n) is 10.4. The van der Waals surface area contributed by atoms with Crippen molar-refractivity contribution in [2.45, 2.75) is 12.3 Å². The number of hydrogen-bond acceptors (Lipinski definition) is 6. The van der Waals surface area contributed by atoms with Crippen LogP contribution in [-0.4, -0.2) is 14.5 Å². The van der Waals surface area contributed by atoms with Crippen molar-refractivity contribution in [3.8, 4) is 68.9 Å². The lowest BCUT2D eigenvalue weighted by molar-refractivity contribution is 0.806. The maximum absolute atomic E-state index is 10.8. The van der Waals surface area contributed by atoms with Crippen LogP contribution >= 0.6 is 22.6 Å². The topological polar surface area (TPSA) is 105 Å². The zero-order valence-corrected chi connectivity index (χ0v) is 43.6. The average molecular weight is 1100 g/mol. The van der Waals surface area contributed by atoms with Gasteiger partial charge in [-0.25, -0.2) is 9.97 Å². The van der Waals surface area contributed by atoms with Crippen molar-refractivity contribution >= 4 is 61.5 Å². The molecule has 0 spiro atoms. The molecule has 12 aromatic rings. The van der Waals surface area contributed by atoms with Gasteiger partial charge in [-0.05, 0) is 178 Å². The first-order valence-corrected chi connectivity index (χ1v) is 26.3. The second kappa shape index (κ2) is 21.1. The van der Waals surface area contributed by atoms with Crippen molar-refractivity contribution in [2.24, 2.45) is 0 Å². The number of nitrogens with zero attached hydrogens (tertiary/aromatic N) is 7. The standard InChI is InChI=1S/C69H44IN7/c70-63-40-54(39-55(45-73)68(63)65-42-64(52-26-21-46(43-71)22-27-52)74-69(75-65)53-28-23-47(44-72)24-29-53)49-30-32-58(33-31-49)77-66-35-25-48(37-60(50-13-5-1-6-14-50)51-15-7-2-8-16-51)38-61(66)62-41-59(34-36-67(62)77)76(56-17-9-3-10-18-56)57-19-11-4-12-20-57/h1-36,38-42,60H,37H2. The van der Waals surface area contributed by atoms with E-state index >= 15 is 0 Å². The van der Waals surface area contributed by atoms with Crippen molar-refractivity contribution in [1.29, 1.82) is 15.8 Å². The lowest BCUT2D eigenvalue weighted by Gasteiger charge is -2.25. The van der Waals surface area contributed by atoms with Crippen LogP contribution in [0.25, 0.3) is 72.5 Å². The first-order valence-electron chi connectivity index (χ1n) is 25.2. The summed E-state index contributed by atoms with van der Waals surface area (Å²) in [6.45, 7) is 0. The second-order valence-electron chi connectivity index (χ2n) is 18.9. The van der Waals surface area contributed by atoms with E-state index in [4.69, 9.17) is 9.97 Å². The molecule has 0 aliphatic carbocycles. The van der Waals surface area contributed by atoms with Crippen LogP contribution in [0.2, 0.25) is 0 Å². The van der Waals surface area contributed by atoms with Crippen molar-refractivity contribution in [1.82, 2.24) is 14.5 Å². The molecule has 0 amide bonds. The molecule has 7 nitrogen and oxygen atoms in total. The molecule has 2 heterocycles. The summed E-state index contributed by atoms with van der Waals surface area (Å²) in [4.78, 5) is 12.3. The molecule has 12 rings (SSSR count). The van der Waals surface area contributed by atoms with E-state index in [1.807, 2.05) is 36.4 Å². The first kappa shape index (κ1) is 48.0. The molecule has 0 saturated heterocycles. The van der Waals surface area contributed by atoms with Crippen LogP contribution in [0.15, 0.2) is 249 Å². The van der Waals surface area contributed by atoms with Crippen LogP contribution < -0.4 is 4.90 Å². The number of halogens is 1. The van der Waals surface area contributed by atoms with E-state index in [0.29, 0.717) is 39.5 Å². The highest BCUT2D eigenvalue weighted by Gasteiger charge is 2.22. The summed E-state index contributed by atoms with van der Waals surface area (Å²) < 4.78 is 3.22. The summed E-state index contributed by atoms with van der Waals surface area (Å²) in [5.41, 5.74) is 17.1. The van der Waals surface area contributed by atoms with E-state index in [9.17, 15) is 15.8 Å². The van der Waals surface area contributed by atoms with E-state index in [2.05, 4.69) is 238 Å². The van der Waals surface area contributed by atoms with E-state index < -0.39 is 0 Å². The highest BCUT2D eigenvalue weighted by molar-refractivity contribution is 14.1. The van der Waals surface area contributed by atoms with Gasteiger partial charge in [-0.1, -0.05) is 127 Å². The predicted molar refractivity (Wildman–Crippen MR) is 318 cm³/mol. The van der Waals surface area contributed by atoms with E-state index in [1.54, 1.807) is 24.3 Å². The fourth-order valence-corrected chi connectivity index (χ4v) is 11.3.